The van der Waals surface area contributed by atoms with Crippen molar-refractivity contribution in [3.05, 3.63) is 41.2 Å². The zero-order valence-corrected chi connectivity index (χ0v) is 21.4. The van der Waals surface area contributed by atoms with Gasteiger partial charge in [0.15, 0.2) is 0 Å². The van der Waals surface area contributed by atoms with Crippen LogP contribution in [0.15, 0.2) is 28.8 Å². The normalized spacial score (nSPS) is 22.0. The quantitative estimate of drug-likeness (QED) is 0.458. The molecule has 1 amide bonds. The predicted octanol–water partition coefficient (Wildman–Crippen LogP) is 6.31. The smallest absolute Gasteiger partial charge is 0.417 e. The molecule has 3 heterocycles. The summed E-state index contributed by atoms with van der Waals surface area (Å²) in [5, 5.41) is 4.06. The Hall–Kier alpha value is -2.59. The first kappa shape index (κ1) is 26.0. The maximum absolute atomic E-state index is 13.7. The van der Waals surface area contributed by atoms with Gasteiger partial charge in [-0.15, -0.1) is 0 Å². The molecule has 0 radical (unpaired) electrons. The summed E-state index contributed by atoms with van der Waals surface area (Å²) in [6.45, 7) is 7.10. The Morgan fingerprint density at radius 2 is 1.86 bits per heavy atom. The number of hydrogen-bond acceptors (Lipinski definition) is 6. The van der Waals surface area contributed by atoms with Crippen LogP contribution in [0, 0.1) is 0 Å². The van der Waals surface area contributed by atoms with E-state index in [1.165, 1.54) is 12.1 Å². The third-order valence-corrected chi connectivity index (χ3v) is 7.22. The van der Waals surface area contributed by atoms with Crippen molar-refractivity contribution in [3.8, 4) is 11.3 Å². The van der Waals surface area contributed by atoms with Crippen molar-refractivity contribution >= 4 is 6.09 Å². The van der Waals surface area contributed by atoms with E-state index >= 15 is 0 Å². The number of aromatic nitrogens is 1. The highest BCUT2D eigenvalue weighted by molar-refractivity contribution is 5.69. The molecular formula is C27H33F3N2O5. The Labute approximate surface area is 214 Å². The van der Waals surface area contributed by atoms with Gasteiger partial charge in [0.2, 0.25) is 0 Å². The Morgan fingerprint density at radius 1 is 1.16 bits per heavy atom. The molecule has 3 fully saturated rings. The lowest BCUT2D eigenvalue weighted by Gasteiger charge is -2.38. The molecule has 7 nitrogen and oxygen atoms in total. The maximum Gasteiger partial charge on any atom is 0.417 e. The first-order valence-electron chi connectivity index (χ1n) is 12.8. The summed E-state index contributed by atoms with van der Waals surface area (Å²) in [6.07, 6.45) is -1.17. The lowest BCUT2D eigenvalue weighted by Crippen LogP contribution is -2.48. The van der Waals surface area contributed by atoms with Crippen LogP contribution in [-0.2, 0) is 27.0 Å². The summed E-state index contributed by atoms with van der Waals surface area (Å²) in [6, 6.07) is 5.42. The van der Waals surface area contributed by atoms with Gasteiger partial charge < -0.3 is 23.6 Å². The Kier molecular flexibility index (Phi) is 6.77. The number of ether oxygens (including phenoxy) is 3. The highest BCUT2D eigenvalue weighted by Crippen LogP contribution is 2.46. The summed E-state index contributed by atoms with van der Waals surface area (Å²) in [7, 11) is 0. The van der Waals surface area contributed by atoms with Crippen LogP contribution >= 0.6 is 0 Å². The van der Waals surface area contributed by atoms with Crippen molar-refractivity contribution in [2.75, 3.05) is 19.7 Å². The minimum atomic E-state index is -4.51. The zero-order chi connectivity index (χ0) is 26.4. The van der Waals surface area contributed by atoms with Gasteiger partial charge in [0, 0.05) is 36.6 Å². The molecule has 1 saturated carbocycles. The fourth-order valence-corrected chi connectivity index (χ4v) is 5.16. The molecule has 1 spiro atoms. The monoisotopic (exact) mass is 522 g/mol. The van der Waals surface area contributed by atoms with Crippen LogP contribution in [0.2, 0.25) is 0 Å². The van der Waals surface area contributed by atoms with E-state index in [1.807, 2.05) is 20.8 Å². The van der Waals surface area contributed by atoms with Gasteiger partial charge in [-0.3, -0.25) is 0 Å². The van der Waals surface area contributed by atoms with Gasteiger partial charge in [0.25, 0.3) is 0 Å². The van der Waals surface area contributed by atoms with Gasteiger partial charge in [0.05, 0.1) is 30.5 Å². The average Bonchev–Trinajstić information content (AvgIpc) is 3.47. The van der Waals surface area contributed by atoms with Gasteiger partial charge >= 0.3 is 12.3 Å². The largest absolute Gasteiger partial charge is 0.444 e. The minimum absolute atomic E-state index is 0.00194. The molecule has 0 bridgehead atoms. The van der Waals surface area contributed by atoms with Crippen LogP contribution in [0.3, 0.4) is 0 Å². The molecule has 37 heavy (non-hydrogen) atoms. The molecule has 1 aliphatic carbocycles. The number of nitrogens with zero attached hydrogens (tertiary/aromatic N) is 2. The number of hydrogen-bond donors (Lipinski definition) is 0. The predicted molar refractivity (Wildman–Crippen MR) is 128 cm³/mol. The molecule has 1 atom stereocenters. The fraction of sp³-hybridized carbons (Fsp3) is 0.630. The van der Waals surface area contributed by atoms with Gasteiger partial charge in [-0.1, -0.05) is 23.4 Å². The van der Waals surface area contributed by atoms with Crippen molar-refractivity contribution in [1.82, 2.24) is 10.1 Å². The van der Waals surface area contributed by atoms with Gasteiger partial charge in [-0.05, 0) is 52.5 Å². The molecule has 0 N–H and O–H groups in total. The number of benzene rings is 1. The van der Waals surface area contributed by atoms with Crippen LogP contribution in [-0.4, -0.2) is 53.2 Å². The van der Waals surface area contributed by atoms with E-state index in [0.29, 0.717) is 50.3 Å². The number of likely N-dealkylation sites (tertiary alicyclic amines) is 1. The molecule has 2 aliphatic heterocycles. The molecule has 3 aliphatic rings. The van der Waals surface area contributed by atoms with Crippen molar-refractivity contribution in [2.45, 2.75) is 88.9 Å². The standard InChI is InChI=1S/C27H33F3N2O5/c1-25(2,3)36-24(33)32-12-10-26(11-13-32)14-18(15-35-26)34-16-20-22(31-37-23(20)17-8-9-17)19-6-4-5-7-21(19)27(28,29)30/h4-7,17-18H,8-16H2,1-3H3. The number of rotatable bonds is 5. The first-order chi connectivity index (χ1) is 17.4. The van der Waals surface area contributed by atoms with Gasteiger partial charge in [-0.25, -0.2) is 4.79 Å². The lowest BCUT2D eigenvalue weighted by atomic mass is 9.88. The van der Waals surface area contributed by atoms with E-state index in [1.54, 1.807) is 11.0 Å². The number of amides is 1. The van der Waals surface area contributed by atoms with Crippen LogP contribution in [0.1, 0.15) is 75.7 Å². The first-order valence-corrected chi connectivity index (χ1v) is 12.8. The summed E-state index contributed by atoms with van der Waals surface area (Å²) >= 11 is 0. The van der Waals surface area contributed by atoms with Crippen molar-refractivity contribution in [3.63, 3.8) is 0 Å². The highest BCUT2D eigenvalue weighted by atomic mass is 19.4. The van der Waals surface area contributed by atoms with E-state index in [0.717, 1.165) is 18.9 Å². The van der Waals surface area contributed by atoms with Crippen LogP contribution in [0.25, 0.3) is 11.3 Å². The second kappa shape index (κ2) is 9.62. The number of halogens is 3. The molecular weight excluding hydrogens is 489 g/mol. The summed E-state index contributed by atoms with van der Waals surface area (Å²) in [5.41, 5.74) is -0.891. The van der Waals surface area contributed by atoms with Crippen LogP contribution in [0.4, 0.5) is 18.0 Å². The second-order valence-corrected chi connectivity index (χ2v) is 11.3. The van der Waals surface area contributed by atoms with E-state index < -0.39 is 17.3 Å². The highest BCUT2D eigenvalue weighted by Gasteiger charge is 2.45. The maximum atomic E-state index is 13.7. The summed E-state index contributed by atoms with van der Waals surface area (Å²) < 4.78 is 64.5. The van der Waals surface area contributed by atoms with Gasteiger partial charge in [0.1, 0.15) is 17.1 Å². The second-order valence-electron chi connectivity index (χ2n) is 11.3. The van der Waals surface area contributed by atoms with Crippen LogP contribution < -0.4 is 0 Å². The number of piperidine rings is 1. The van der Waals surface area contributed by atoms with E-state index in [4.69, 9.17) is 18.7 Å². The molecule has 5 rings (SSSR count). The SMILES string of the molecule is CC(C)(C)OC(=O)N1CCC2(CC1)CC(OCc1c(-c3ccccc3C(F)(F)F)noc1C1CC1)CO2. The molecule has 1 aromatic carbocycles. The average molecular weight is 523 g/mol. The van der Waals surface area contributed by atoms with Crippen LogP contribution in [0.5, 0.6) is 0 Å². The summed E-state index contributed by atoms with van der Waals surface area (Å²) in [5.74, 6) is 0.785. The molecule has 1 unspecified atom stereocenters. The van der Waals surface area contributed by atoms with Gasteiger partial charge in [-0.2, -0.15) is 13.2 Å². The molecule has 10 heteroatoms. The third-order valence-electron chi connectivity index (χ3n) is 7.22. The lowest BCUT2D eigenvalue weighted by molar-refractivity contribution is -0.137. The number of alkyl halides is 3. The molecule has 2 saturated heterocycles. The molecule has 2 aromatic rings. The number of carbonyl (C=O) groups excluding carboxylic acids is 1. The Bertz CT molecular complexity index is 1130. The van der Waals surface area contributed by atoms with E-state index in [2.05, 4.69) is 5.16 Å². The minimum Gasteiger partial charge on any atom is -0.444 e. The summed E-state index contributed by atoms with van der Waals surface area (Å²) in [4.78, 5) is 14.1. The van der Waals surface area contributed by atoms with Crippen molar-refractivity contribution in [1.29, 1.82) is 0 Å². The molecule has 1 aromatic heterocycles. The van der Waals surface area contributed by atoms with E-state index in [9.17, 15) is 18.0 Å². The fourth-order valence-electron chi connectivity index (χ4n) is 5.16. The Morgan fingerprint density at radius 3 is 2.51 bits per heavy atom. The van der Waals surface area contributed by atoms with Crippen molar-refractivity contribution in [2.24, 2.45) is 0 Å². The zero-order valence-electron chi connectivity index (χ0n) is 21.4. The Balaban J connectivity index is 1.25. The number of carbonyl (C=O) groups is 1. The third kappa shape index (κ3) is 5.80. The van der Waals surface area contributed by atoms with E-state index in [-0.39, 0.29) is 41.6 Å². The molecule has 202 valence electrons. The van der Waals surface area contributed by atoms with Crippen molar-refractivity contribution < 1.29 is 36.7 Å². The topological polar surface area (TPSA) is 74.0 Å².